The van der Waals surface area contributed by atoms with Crippen molar-refractivity contribution in [3.05, 3.63) is 17.8 Å². The van der Waals surface area contributed by atoms with Crippen molar-refractivity contribution in [1.82, 2.24) is 10.3 Å². The summed E-state index contributed by atoms with van der Waals surface area (Å²) in [5.74, 6) is -0.554. The average molecular weight is 278 g/mol. The van der Waals surface area contributed by atoms with Gasteiger partial charge in [0.1, 0.15) is 5.82 Å². The second kappa shape index (κ2) is 6.23. The highest BCUT2D eigenvalue weighted by molar-refractivity contribution is 5.89. The largest absolute Gasteiger partial charge is 0.478 e. The molecule has 1 fully saturated rings. The molecule has 5 N–H and O–H groups in total. The molecule has 1 amide bonds. The molecular weight excluding hydrogens is 260 g/mol. The fourth-order valence-electron chi connectivity index (χ4n) is 1.73. The van der Waals surface area contributed by atoms with E-state index in [-0.39, 0.29) is 17.2 Å². The maximum atomic E-state index is 11.4. The van der Waals surface area contributed by atoms with Crippen molar-refractivity contribution in [2.75, 3.05) is 17.6 Å². The Morgan fingerprint density at radius 1 is 1.45 bits per heavy atom. The highest BCUT2D eigenvalue weighted by Crippen LogP contribution is 2.19. The van der Waals surface area contributed by atoms with Crippen molar-refractivity contribution in [3.8, 4) is 0 Å². The molecule has 0 spiro atoms. The Morgan fingerprint density at radius 3 is 2.80 bits per heavy atom. The molecule has 108 valence electrons. The van der Waals surface area contributed by atoms with Crippen molar-refractivity contribution >= 4 is 23.4 Å². The minimum Gasteiger partial charge on any atom is -0.478 e. The number of nitrogens with one attached hydrogen (secondary N) is 2. The number of rotatable bonds is 7. The number of hydrogen-bond acceptors (Lipinski definition) is 5. The fraction of sp³-hybridized carbons (Fsp3) is 0.462. The van der Waals surface area contributed by atoms with Gasteiger partial charge < -0.3 is 21.5 Å². The number of carbonyl (C=O) groups is 2. The zero-order valence-corrected chi connectivity index (χ0v) is 11.1. The number of hydrogen-bond donors (Lipinski definition) is 4. The van der Waals surface area contributed by atoms with Gasteiger partial charge in [0.15, 0.2) is 0 Å². The first-order valence-electron chi connectivity index (χ1n) is 6.58. The van der Waals surface area contributed by atoms with Crippen LogP contribution in [-0.2, 0) is 4.79 Å². The number of carboxylic acids is 1. The molecule has 0 bridgehead atoms. The minimum absolute atomic E-state index is 0.0526. The summed E-state index contributed by atoms with van der Waals surface area (Å²) in [4.78, 5) is 26.1. The van der Waals surface area contributed by atoms with E-state index in [1.54, 1.807) is 0 Å². The molecule has 1 aromatic rings. The number of carboxylic acid groups (broad SMARTS) is 1. The molecule has 7 heteroatoms. The van der Waals surface area contributed by atoms with E-state index in [4.69, 9.17) is 10.8 Å². The number of amides is 1. The van der Waals surface area contributed by atoms with Gasteiger partial charge in [0.25, 0.3) is 0 Å². The molecule has 1 saturated carbocycles. The van der Waals surface area contributed by atoms with Gasteiger partial charge in [-0.15, -0.1) is 0 Å². The second-order valence-electron chi connectivity index (χ2n) is 4.84. The van der Waals surface area contributed by atoms with E-state index < -0.39 is 5.97 Å². The summed E-state index contributed by atoms with van der Waals surface area (Å²) in [7, 11) is 0. The number of aromatic nitrogens is 1. The Kier molecular flexibility index (Phi) is 4.39. The van der Waals surface area contributed by atoms with Gasteiger partial charge >= 0.3 is 5.97 Å². The predicted octanol–water partition coefficient (Wildman–Crippen LogP) is 0.833. The van der Waals surface area contributed by atoms with E-state index >= 15 is 0 Å². The van der Waals surface area contributed by atoms with Crippen LogP contribution in [0.3, 0.4) is 0 Å². The van der Waals surface area contributed by atoms with Gasteiger partial charge in [-0.05, 0) is 25.3 Å². The van der Waals surface area contributed by atoms with Crippen molar-refractivity contribution in [3.63, 3.8) is 0 Å². The van der Waals surface area contributed by atoms with Crippen molar-refractivity contribution in [2.45, 2.75) is 31.7 Å². The quantitative estimate of drug-likeness (QED) is 0.549. The van der Waals surface area contributed by atoms with Gasteiger partial charge in [-0.3, -0.25) is 4.79 Å². The molecule has 1 aromatic heterocycles. The minimum atomic E-state index is -1.06. The first kappa shape index (κ1) is 14.1. The van der Waals surface area contributed by atoms with Crippen molar-refractivity contribution in [1.29, 1.82) is 0 Å². The van der Waals surface area contributed by atoms with Crippen LogP contribution in [0.4, 0.5) is 11.5 Å². The third kappa shape index (κ3) is 4.11. The van der Waals surface area contributed by atoms with E-state index in [0.29, 0.717) is 31.2 Å². The molecule has 0 saturated heterocycles. The molecule has 1 aliphatic rings. The molecule has 20 heavy (non-hydrogen) atoms. The Bertz CT molecular complexity index is 514. The van der Waals surface area contributed by atoms with Gasteiger partial charge in [-0.1, -0.05) is 0 Å². The standard InChI is InChI=1S/C13H18N4O3/c14-10-6-8(13(19)20)7-16-12(10)15-5-1-2-11(18)17-9-3-4-9/h6-7,9H,1-5,14H2,(H,15,16)(H,17,18)(H,19,20). The lowest BCUT2D eigenvalue weighted by atomic mass is 10.2. The zero-order chi connectivity index (χ0) is 14.5. The van der Waals surface area contributed by atoms with Crippen molar-refractivity contribution < 1.29 is 14.7 Å². The number of aromatic carboxylic acids is 1. The first-order valence-corrected chi connectivity index (χ1v) is 6.58. The maximum Gasteiger partial charge on any atom is 0.337 e. The van der Waals surface area contributed by atoms with Crippen LogP contribution in [0.2, 0.25) is 0 Å². The summed E-state index contributed by atoms with van der Waals surface area (Å²) in [5, 5.41) is 14.7. The third-order valence-corrected chi connectivity index (χ3v) is 2.98. The molecule has 1 aliphatic carbocycles. The third-order valence-electron chi connectivity index (χ3n) is 2.98. The van der Waals surface area contributed by atoms with Crippen LogP contribution in [0.15, 0.2) is 12.3 Å². The molecule has 1 heterocycles. The number of pyridine rings is 1. The van der Waals surface area contributed by atoms with Crippen LogP contribution in [0.1, 0.15) is 36.0 Å². The van der Waals surface area contributed by atoms with Gasteiger partial charge in [0, 0.05) is 25.2 Å². The van der Waals surface area contributed by atoms with Crippen LogP contribution in [0.25, 0.3) is 0 Å². The average Bonchev–Trinajstić information content (AvgIpc) is 3.19. The topological polar surface area (TPSA) is 117 Å². The van der Waals surface area contributed by atoms with Gasteiger partial charge in [-0.25, -0.2) is 9.78 Å². The van der Waals surface area contributed by atoms with E-state index in [1.165, 1.54) is 12.3 Å². The lowest BCUT2D eigenvalue weighted by Crippen LogP contribution is -2.25. The second-order valence-corrected chi connectivity index (χ2v) is 4.84. The molecule has 0 radical (unpaired) electrons. The van der Waals surface area contributed by atoms with Crippen LogP contribution in [0, 0.1) is 0 Å². The Balaban J connectivity index is 1.73. The molecule has 2 rings (SSSR count). The number of anilines is 2. The summed E-state index contributed by atoms with van der Waals surface area (Å²) in [6, 6.07) is 1.74. The predicted molar refractivity (Wildman–Crippen MR) is 74.5 cm³/mol. The highest BCUT2D eigenvalue weighted by atomic mass is 16.4. The number of nitrogens with two attached hydrogens (primary N) is 1. The molecule has 0 aliphatic heterocycles. The lowest BCUT2D eigenvalue weighted by Gasteiger charge is -2.08. The Labute approximate surface area is 116 Å². The normalized spacial score (nSPS) is 13.8. The van der Waals surface area contributed by atoms with E-state index in [1.807, 2.05) is 0 Å². The van der Waals surface area contributed by atoms with Gasteiger partial charge in [0.05, 0.1) is 11.3 Å². The summed E-state index contributed by atoms with van der Waals surface area (Å²) in [5.41, 5.74) is 6.04. The first-order chi connectivity index (χ1) is 9.56. The Hall–Kier alpha value is -2.31. The maximum absolute atomic E-state index is 11.4. The van der Waals surface area contributed by atoms with Crippen molar-refractivity contribution in [2.24, 2.45) is 0 Å². The van der Waals surface area contributed by atoms with E-state index in [2.05, 4.69) is 15.6 Å². The molecule has 0 unspecified atom stereocenters. The molecule has 0 atom stereocenters. The summed E-state index contributed by atoms with van der Waals surface area (Å²) in [6.07, 6.45) is 4.54. The van der Waals surface area contributed by atoms with E-state index in [0.717, 1.165) is 12.8 Å². The van der Waals surface area contributed by atoms with Gasteiger partial charge in [0.2, 0.25) is 5.91 Å². The van der Waals surface area contributed by atoms with Crippen LogP contribution in [-0.4, -0.2) is 34.6 Å². The number of nitrogens with zero attached hydrogens (tertiary/aromatic N) is 1. The van der Waals surface area contributed by atoms with Crippen LogP contribution < -0.4 is 16.4 Å². The molecule has 7 nitrogen and oxygen atoms in total. The van der Waals surface area contributed by atoms with E-state index in [9.17, 15) is 9.59 Å². The molecular formula is C13H18N4O3. The van der Waals surface area contributed by atoms with Crippen LogP contribution >= 0.6 is 0 Å². The Morgan fingerprint density at radius 2 is 2.20 bits per heavy atom. The lowest BCUT2D eigenvalue weighted by molar-refractivity contribution is -0.121. The summed E-state index contributed by atoms with van der Waals surface area (Å²) >= 11 is 0. The number of carbonyl (C=O) groups excluding carboxylic acids is 1. The highest BCUT2D eigenvalue weighted by Gasteiger charge is 2.22. The zero-order valence-electron chi connectivity index (χ0n) is 11.1. The SMILES string of the molecule is Nc1cc(C(=O)O)cnc1NCCCC(=O)NC1CC1. The molecule has 0 aromatic carbocycles. The summed E-state index contributed by atoms with van der Waals surface area (Å²) in [6.45, 7) is 0.557. The number of nitrogen functional groups attached to an aromatic ring is 1. The monoisotopic (exact) mass is 278 g/mol. The smallest absolute Gasteiger partial charge is 0.337 e. The summed E-state index contributed by atoms with van der Waals surface area (Å²) < 4.78 is 0. The van der Waals surface area contributed by atoms with Gasteiger partial charge in [-0.2, -0.15) is 0 Å². The fourth-order valence-corrected chi connectivity index (χ4v) is 1.73. The van der Waals surface area contributed by atoms with Crippen LogP contribution in [0.5, 0.6) is 0 Å².